The van der Waals surface area contributed by atoms with E-state index < -0.39 is 0 Å². The Bertz CT molecular complexity index is 572. The van der Waals surface area contributed by atoms with Gasteiger partial charge in [0.1, 0.15) is 6.10 Å². The standard InChI is InChI=1S/C17H29N5O3/c1-21(2)10-17(24)18-14-6-5-13(25-16(14)11-23)7-8-22-9-15(19-20-22)12-3-4-12/h9,12-14,16,23H,3-8,10-11H2,1-2H3,(H,18,24)/t13-,14+,16+/m0/s1. The van der Waals surface area contributed by atoms with Crippen LogP contribution in [0.1, 0.15) is 43.7 Å². The number of aliphatic hydroxyl groups is 1. The smallest absolute Gasteiger partial charge is 0.234 e. The summed E-state index contributed by atoms with van der Waals surface area (Å²) in [5.74, 6) is 0.579. The van der Waals surface area contributed by atoms with Crippen LogP contribution in [0, 0.1) is 0 Å². The highest BCUT2D eigenvalue weighted by Crippen LogP contribution is 2.38. The van der Waals surface area contributed by atoms with Crippen molar-refractivity contribution < 1.29 is 14.6 Å². The van der Waals surface area contributed by atoms with Gasteiger partial charge in [-0.1, -0.05) is 5.21 Å². The summed E-state index contributed by atoms with van der Waals surface area (Å²) in [5, 5.41) is 21.0. The maximum atomic E-state index is 11.9. The fourth-order valence-electron chi connectivity index (χ4n) is 3.31. The molecule has 140 valence electrons. The Morgan fingerprint density at radius 3 is 2.88 bits per heavy atom. The van der Waals surface area contributed by atoms with E-state index in [9.17, 15) is 9.90 Å². The minimum absolute atomic E-state index is 0.0364. The number of aromatic nitrogens is 3. The second-order valence-corrected chi connectivity index (χ2v) is 7.44. The van der Waals surface area contributed by atoms with E-state index in [0.717, 1.165) is 31.5 Å². The van der Waals surface area contributed by atoms with Crippen molar-refractivity contribution >= 4 is 5.91 Å². The van der Waals surface area contributed by atoms with Crippen LogP contribution in [0.5, 0.6) is 0 Å². The van der Waals surface area contributed by atoms with Gasteiger partial charge in [0.2, 0.25) is 5.91 Å². The molecule has 0 bridgehead atoms. The molecular formula is C17H29N5O3. The van der Waals surface area contributed by atoms with Gasteiger partial charge in [-0.15, -0.1) is 5.10 Å². The number of hydrogen-bond acceptors (Lipinski definition) is 6. The average Bonchev–Trinajstić information content (AvgIpc) is 3.32. The Balaban J connectivity index is 1.44. The fourth-order valence-corrected chi connectivity index (χ4v) is 3.31. The zero-order valence-electron chi connectivity index (χ0n) is 15.1. The predicted molar refractivity (Wildman–Crippen MR) is 92.1 cm³/mol. The zero-order valence-corrected chi connectivity index (χ0v) is 15.1. The second kappa shape index (κ2) is 8.25. The van der Waals surface area contributed by atoms with Gasteiger partial charge < -0.3 is 20.1 Å². The van der Waals surface area contributed by atoms with Gasteiger partial charge >= 0.3 is 0 Å². The third-order valence-electron chi connectivity index (χ3n) is 4.83. The summed E-state index contributed by atoms with van der Waals surface area (Å²) < 4.78 is 7.89. The molecular weight excluding hydrogens is 322 g/mol. The van der Waals surface area contributed by atoms with Crippen molar-refractivity contribution in [3.05, 3.63) is 11.9 Å². The van der Waals surface area contributed by atoms with Gasteiger partial charge in [0.15, 0.2) is 0 Å². The average molecular weight is 351 g/mol. The van der Waals surface area contributed by atoms with Crippen LogP contribution in [0.4, 0.5) is 0 Å². The van der Waals surface area contributed by atoms with Crippen molar-refractivity contribution in [1.29, 1.82) is 0 Å². The number of carbonyl (C=O) groups excluding carboxylic acids is 1. The van der Waals surface area contributed by atoms with Gasteiger partial charge in [-0.05, 0) is 46.2 Å². The van der Waals surface area contributed by atoms with Crippen molar-refractivity contribution in [2.75, 3.05) is 27.2 Å². The number of ether oxygens (including phenoxy) is 1. The lowest BCUT2D eigenvalue weighted by molar-refractivity contribution is -0.129. The number of amides is 1. The molecule has 2 fully saturated rings. The Hall–Kier alpha value is -1.51. The number of nitrogens with zero attached hydrogens (tertiary/aromatic N) is 4. The number of likely N-dealkylation sites (N-methyl/N-ethyl adjacent to an activating group) is 1. The van der Waals surface area contributed by atoms with Gasteiger partial charge in [-0.25, -0.2) is 0 Å². The first-order valence-electron chi connectivity index (χ1n) is 9.15. The molecule has 25 heavy (non-hydrogen) atoms. The van der Waals surface area contributed by atoms with Gasteiger partial charge in [-0.2, -0.15) is 0 Å². The molecule has 1 saturated carbocycles. The first kappa shape index (κ1) is 18.3. The predicted octanol–water partition coefficient (Wildman–Crippen LogP) is 0.132. The summed E-state index contributed by atoms with van der Waals surface area (Å²) in [6, 6.07) is -0.124. The van der Waals surface area contributed by atoms with E-state index in [1.54, 1.807) is 0 Å². The van der Waals surface area contributed by atoms with E-state index in [0.29, 0.717) is 12.5 Å². The third kappa shape index (κ3) is 5.23. The van der Waals surface area contributed by atoms with Crippen LogP contribution in [0.15, 0.2) is 6.20 Å². The van der Waals surface area contributed by atoms with Crippen LogP contribution in [0.2, 0.25) is 0 Å². The van der Waals surface area contributed by atoms with Gasteiger partial charge in [0.05, 0.1) is 31.0 Å². The topological polar surface area (TPSA) is 92.5 Å². The molecule has 1 aliphatic heterocycles. The summed E-state index contributed by atoms with van der Waals surface area (Å²) in [5.41, 5.74) is 1.10. The Labute approximate surface area is 148 Å². The SMILES string of the molecule is CN(C)CC(=O)N[C@@H]1CC[C@@H](CCn2cc(C3CC3)nn2)O[C@@H]1CO. The van der Waals surface area contributed by atoms with Crippen molar-refractivity contribution in [1.82, 2.24) is 25.2 Å². The van der Waals surface area contributed by atoms with Crippen LogP contribution in [0.3, 0.4) is 0 Å². The molecule has 1 aliphatic carbocycles. The molecule has 8 nitrogen and oxygen atoms in total. The van der Waals surface area contributed by atoms with E-state index in [4.69, 9.17) is 4.74 Å². The maximum Gasteiger partial charge on any atom is 0.234 e. The molecule has 0 radical (unpaired) electrons. The highest BCUT2D eigenvalue weighted by molar-refractivity contribution is 5.78. The molecule has 3 atom stereocenters. The van der Waals surface area contributed by atoms with Crippen molar-refractivity contribution in [3.8, 4) is 0 Å². The monoisotopic (exact) mass is 351 g/mol. The molecule has 1 saturated heterocycles. The third-order valence-corrected chi connectivity index (χ3v) is 4.83. The first-order valence-corrected chi connectivity index (χ1v) is 9.15. The van der Waals surface area contributed by atoms with Gasteiger partial charge in [0, 0.05) is 18.7 Å². The van der Waals surface area contributed by atoms with Crippen LogP contribution in [-0.2, 0) is 16.1 Å². The quantitative estimate of drug-likeness (QED) is 0.692. The maximum absolute atomic E-state index is 11.9. The largest absolute Gasteiger partial charge is 0.394 e. The number of nitrogens with one attached hydrogen (secondary N) is 1. The van der Waals surface area contributed by atoms with E-state index in [2.05, 4.69) is 15.6 Å². The minimum Gasteiger partial charge on any atom is -0.394 e. The summed E-state index contributed by atoms with van der Waals surface area (Å²) in [6.07, 6.45) is 6.74. The van der Waals surface area contributed by atoms with E-state index in [-0.39, 0.29) is 30.8 Å². The van der Waals surface area contributed by atoms with Crippen LogP contribution in [0.25, 0.3) is 0 Å². The van der Waals surface area contributed by atoms with E-state index >= 15 is 0 Å². The molecule has 0 aromatic carbocycles. The van der Waals surface area contributed by atoms with Crippen LogP contribution in [-0.4, -0.2) is 76.4 Å². The Morgan fingerprint density at radius 1 is 1.40 bits per heavy atom. The number of aliphatic hydroxyl groups excluding tert-OH is 1. The van der Waals surface area contributed by atoms with Crippen molar-refractivity contribution in [2.45, 2.75) is 62.8 Å². The molecule has 0 spiro atoms. The molecule has 1 amide bonds. The molecule has 1 aromatic heterocycles. The molecule has 3 rings (SSSR count). The highest BCUT2D eigenvalue weighted by Gasteiger charge is 2.32. The first-order chi connectivity index (χ1) is 12.0. The van der Waals surface area contributed by atoms with E-state index in [1.165, 1.54) is 12.8 Å². The lowest BCUT2D eigenvalue weighted by atomic mass is 9.97. The summed E-state index contributed by atoms with van der Waals surface area (Å²) in [6.45, 7) is 1.02. The zero-order chi connectivity index (χ0) is 17.8. The molecule has 1 aromatic rings. The molecule has 2 N–H and O–H groups in total. The normalized spacial score (nSPS) is 26.8. The number of rotatable bonds is 8. The Kier molecular flexibility index (Phi) is 6.03. The summed E-state index contributed by atoms with van der Waals surface area (Å²) in [4.78, 5) is 13.8. The lowest BCUT2D eigenvalue weighted by Gasteiger charge is -2.36. The fraction of sp³-hybridized carbons (Fsp3) is 0.824. The number of hydrogen-bond donors (Lipinski definition) is 2. The van der Waals surface area contributed by atoms with Crippen molar-refractivity contribution in [2.24, 2.45) is 0 Å². The number of aryl methyl sites for hydroxylation is 1. The molecule has 0 unspecified atom stereocenters. The Morgan fingerprint density at radius 2 is 2.20 bits per heavy atom. The summed E-state index contributed by atoms with van der Waals surface area (Å²) >= 11 is 0. The minimum atomic E-state index is -0.345. The summed E-state index contributed by atoms with van der Waals surface area (Å²) in [7, 11) is 3.71. The van der Waals surface area contributed by atoms with Gasteiger partial charge in [-0.3, -0.25) is 9.48 Å². The van der Waals surface area contributed by atoms with Crippen LogP contribution >= 0.6 is 0 Å². The van der Waals surface area contributed by atoms with Crippen LogP contribution < -0.4 is 5.32 Å². The van der Waals surface area contributed by atoms with Gasteiger partial charge in [0.25, 0.3) is 0 Å². The van der Waals surface area contributed by atoms with E-state index in [1.807, 2.05) is 29.9 Å². The second-order valence-electron chi connectivity index (χ2n) is 7.44. The molecule has 8 heteroatoms. The van der Waals surface area contributed by atoms with Crippen molar-refractivity contribution in [3.63, 3.8) is 0 Å². The molecule has 2 heterocycles. The highest BCUT2D eigenvalue weighted by atomic mass is 16.5. The number of carbonyl (C=O) groups is 1. The lowest BCUT2D eigenvalue weighted by Crippen LogP contribution is -2.52. The molecule has 2 aliphatic rings.